The monoisotopic (exact) mass is 201 g/mol. The number of ether oxygens (including phenoxy) is 2. The molecule has 0 saturated heterocycles. The average Bonchev–Trinajstić information content (AvgIpc) is 2.11. The van der Waals surface area contributed by atoms with Gasteiger partial charge in [0.05, 0.1) is 6.07 Å². The highest BCUT2D eigenvalue weighted by molar-refractivity contribution is 8.00. The number of nitrogens with zero attached hydrogens (tertiary/aromatic N) is 1. The van der Waals surface area contributed by atoms with Gasteiger partial charge in [0.15, 0.2) is 5.79 Å². The molecule has 0 amide bonds. The third kappa shape index (κ3) is 1.83. The SMILES string of the molecule is CCSC1(C#N)CC(OC)(OC)C1. The van der Waals surface area contributed by atoms with Crippen molar-refractivity contribution in [2.24, 2.45) is 0 Å². The second-order valence-electron chi connectivity index (χ2n) is 3.21. The van der Waals surface area contributed by atoms with Crippen LogP contribution >= 0.6 is 11.8 Å². The minimum absolute atomic E-state index is 0.277. The van der Waals surface area contributed by atoms with Crippen LogP contribution in [0, 0.1) is 11.3 Å². The van der Waals surface area contributed by atoms with Crippen LogP contribution in [0.2, 0.25) is 0 Å². The van der Waals surface area contributed by atoms with E-state index in [-0.39, 0.29) is 4.75 Å². The van der Waals surface area contributed by atoms with Crippen LogP contribution in [0.4, 0.5) is 0 Å². The smallest absolute Gasteiger partial charge is 0.172 e. The van der Waals surface area contributed by atoms with Crippen molar-refractivity contribution in [3.63, 3.8) is 0 Å². The zero-order valence-corrected chi connectivity index (χ0v) is 9.11. The Kier molecular flexibility index (Phi) is 3.23. The highest BCUT2D eigenvalue weighted by Gasteiger charge is 2.56. The lowest BCUT2D eigenvalue weighted by Gasteiger charge is -2.49. The highest BCUT2D eigenvalue weighted by Crippen LogP contribution is 2.51. The van der Waals surface area contributed by atoms with Gasteiger partial charge in [-0.05, 0) is 5.75 Å². The van der Waals surface area contributed by atoms with Crippen molar-refractivity contribution < 1.29 is 9.47 Å². The predicted molar refractivity (Wildman–Crippen MR) is 52.5 cm³/mol. The van der Waals surface area contributed by atoms with Gasteiger partial charge >= 0.3 is 0 Å². The number of methoxy groups -OCH3 is 2. The molecular formula is C9H15NO2S. The molecular weight excluding hydrogens is 186 g/mol. The van der Waals surface area contributed by atoms with Gasteiger partial charge < -0.3 is 9.47 Å². The Hall–Kier alpha value is -0.240. The minimum atomic E-state index is -0.502. The van der Waals surface area contributed by atoms with Gasteiger partial charge in [-0.3, -0.25) is 0 Å². The molecule has 1 aliphatic rings. The number of nitriles is 1. The Labute approximate surface area is 83.4 Å². The third-order valence-electron chi connectivity index (χ3n) is 2.48. The van der Waals surface area contributed by atoms with E-state index in [9.17, 15) is 0 Å². The van der Waals surface area contributed by atoms with Crippen molar-refractivity contribution in [1.29, 1.82) is 5.26 Å². The van der Waals surface area contributed by atoms with Crippen molar-refractivity contribution in [2.75, 3.05) is 20.0 Å². The molecule has 0 N–H and O–H groups in total. The van der Waals surface area contributed by atoms with E-state index in [2.05, 4.69) is 13.0 Å². The van der Waals surface area contributed by atoms with E-state index in [0.717, 1.165) is 5.75 Å². The van der Waals surface area contributed by atoms with Crippen LogP contribution in [0.15, 0.2) is 0 Å². The second kappa shape index (κ2) is 3.87. The normalized spacial score (nSPS) is 23.2. The molecule has 4 heteroatoms. The number of thioether (sulfide) groups is 1. The fraction of sp³-hybridized carbons (Fsp3) is 0.889. The molecule has 0 aromatic heterocycles. The molecule has 0 aliphatic heterocycles. The van der Waals surface area contributed by atoms with Crippen LogP contribution < -0.4 is 0 Å². The summed E-state index contributed by atoms with van der Waals surface area (Å²) in [5, 5.41) is 9.01. The molecule has 0 aromatic rings. The molecule has 0 heterocycles. The standard InChI is InChI=1S/C9H15NO2S/c1-4-13-8(7-10)5-9(6-8,11-2)12-3/h4-6H2,1-3H3. The molecule has 0 aromatic carbocycles. The maximum atomic E-state index is 9.01. The summed E-state index contributed by atoms with van der Waals surface area (Å²) < 4.78 is 10.2. The predicted octanol–water partition coefficient (Wildman–Crippen LogP) is 1.78. The van der Waals surface area contributed by atoms with Gasteiger partial charge in [-0.15, -0.1) is 11.8 Å². The zero-order valence-electron chi connectivity index (χ0n) is 8.29. The van der Waals surface area contributed by atoms with E-state index in [1.807, 2.05) is 0 Å². The molecule has 0 unspecified atom stereocenters. The lowest BCUT2D eigenvalue weighted by molar-refractivity contribution is -0.255. The summed E-state index contributed by atoms with van der Waals surface area (Å²) >= 11 is 1.68. The third-order valence-corrected chi connectivity index (χ3v) is 3.70. The first-order valence-electron chi connectivity index (χ1n) is 4.31. The summed E-state index contributed by atoms with van der Waals surface area (Å²) in [5.74, 6) is 0.453. The first-order valence-corrected chi connectivity index (χ1v) is 5.30. The first kappa shape index (κ1) is 10.8. The van der Waals surface area contributed by atoms with Crippen LogP contribution in [0.25, 0.3) is 0 Å². The van der Waals surface area contributed by atoms with Crippen LogP contribution in [-0.2, 0) is 9.47 Å². The number of rotatable bonds is 4. The molecule has 0 atom stereocenters. The Balaban J connectivity index is 2.57. The van der Waals surface area contributed by atoms with Crippen LogP contribution in [-0.4, -0.2) is 30.5 Å². The number of hydrogen-bond donors (Lipinski definition) is 0. The minimum Gasteiger partial charge on any atom is -0.353 e. The largest absolute Gasteiger partial charge is 0.353 e. The Bertz CT molecular complexity index is 212. The summed E-state index contributed by atoms with van der Waals surface area (Å²) in [6.45, 7) is 2.06. The molecule has 1 aliphatic carbocycles. The summed E-state index contributed by atoms with van der Waals surface area (Å²) in [5.41, 5.74) is 0. The van der Waals surface area contributed by atoms with Gasteiger partial charge in [0.25, 0.3) is 0 Å². The van der Waals surface area contributed by atoms with E-state index >= 15 is 0 Å². The summed E-state index contributed by atoms with van der Waals surface area (Å²) in [6, 6.07) is 2.34. The summed E-state index contributed by atoms with van der Waals surface area (Å²) in [6.07, 6.45) is 1.34. The van der Waals surface area contributed by atoms with Crippen molar-refractivity contribution in [2.45, 2.75) is 30.3 Å². The van der Waals surface area contributed by atoms with Crippen molar-refractivity contribution in [3.05, 3.63) is 0 Å². The fourth-order valence-corrected chi connectivity index (χ4v) is 2.94. The van der Waals surface area contributed by atoms with Gasteiger partial charge in [0, 0.05) is 27.1 Å². The molecule has 1 saturated carbocycles. The second-order valence-corrected chi connectivity index (χ2v) is 4.86. The molecule has 0 radical (unpaired) electrons. The van der Waals surface area contributed by atoms with Gasteiger partial charge in [-0.25, -0.2) is 0 Å². The van der Waals surface area contributed by atoms with Gasteiger partial charge in [-0.1, -0.05) is 6.92 Å². The Morgan fingerprint density at radius 2 is 1.92 bits per heavy atom. The molecule has 1 rings (SSSR count). The summed E-state index contributed by atoms with van der Waals surface area (Å²) in [4.78, 5) is 0. The van der Waals surface area contributed by atoms with Crippen molar-refractivity contribution in [1.82, 2.24) is 0 Å². The lowest BCUT2D eigenvalue weighted by Crippen LogP contribution is -2.56. The van der Waals surface area contributed by atoms with E-state index in [0.29, 0.717) is 12.8 Å². The van der Waals surface area contributed by atoms with E-state index in [4.69, 9.17) is 14.7 Å². The molecule has 0 spiro atoms. The first-order chi connectivity index (χ1) is 6.16. The van der Waals surface area contributed by atoms with Crippen LogP contribution in [0.1, 0.15) is 19.8 Å². The van der Waals surface area contributed by atoms with Gasteiger partial charge in [0.1, 0.15) is 4.75 Å². The van der Waals surface area contributed by atoms with Crippen molar-refractivity contribution in [3.8, 4) is 6.07 Å². The molecule has 13 heavy (non-hydrogen) atoms. The molecule has 3 nitrogen and oxygen atoms in total. The average molecular weight is 201 g/mol. The number of hydrogen-bond acceptors (Lipinski definition) is 4. The summed E-state index contributed by atoms with van der Waals surface area (Å²) in [7, 11) is 3.25. The van der Waals surface area contributed by atoms with E-state index < -0.39 is 5.79 Å². The van der Waals surface area contributed by atoms with Gasteiger partial charge in [0.2, 0.25) is 0 Å². The maximum absolute atomic E-state index is 9.01. The van der Waals surface area contributed by atoms with E-state index in [1.54, 1.807) is 26.0 Å². The Morgan fingerprint density at radius 1 is 1.38 bits per heavy atom. The van der Waals surface area contributed by atoms with Crippen LogP contribution in [0.3, 0.4) is 0 Å². The molecule has 0 bridgehead atoms. The lowest BCUT2D eigenvalue weighted by atomic mass is 9.78. The topological polar surface area (TPSA) is 42.2 Å². The molecule has 74 valence electrons. The zero-order chi connectivity index (χ0) is 9.95. The quantitative estimate of drug-likeness (QED) is 0.650. The van der Waals surface area contributed by atoms with E-state index in [1.165, 1.54) is 0 Å². The molecule has 1 fully saturated rings. The van der Waals surface area contributed by atoms with Crippen LogP contribution in [0.5, 0.6) is 0 Å². The Morgan fingerprint density at radius 3 is 2.23 bits per heavy atom. The van der Waals surface area contributed by atoms with Crippen molar-refractivity contribution >= 4 is 11.8 Å². The van der Waals surface area contributed by atoms with Gasteiger partial charge in [-0.2, -0.15) is 5.26 Å². The highest BCUT2D eigenvalue weighted by atomic mass is 32.2. The maximum Gasteiger partial charge on any atom is 0.172 e. The fourth-order valence-electron chi connectivity index (χ4n) is 1.68.